The number of rotatable bonds is 4. The third-order valence-corrected chi connectivity index (χ3v) is 4.04. The van der Waals surface area contributed by atoms with Gasteiger partial charge in [-0.1, -0.05) is 0 Å². The molecule has 110 valence electrons. The Morgan fingerprint density at radius 2 is 2.10 bits per heavy atom. The largest absolute Gasteiger partial charge is 0.465 e. The van der Waals surface area contributed by atoms with Gasteiger partial charge >= 0.3 is 5.97 Å². The van der Waals surface area contributed by atoms with Crippen molar-refractivity contribution in [2.75, 3.05) is 37.8 Å². The van der Waals surface area contributed by atoms with Gasteiger partial charge in [-0.3, -0.25) is 4.79 Å². The number of aromatic nitrogens is 1. The van der Waals surface area contributed by atoms with E-state index in [-0.39, 0.29) is 23.8 Å². The first-order valence-corrected chi connectivity index (χ1v) is 7.26. The van der Waals surface area contributed by atoms with E-state index in [1.807, 2.05) is 4.90 Å². The molecule has 1 aliphatic rings. The highest BCUT2D eigenvalue weighted by Crippen LogP contribution is 2.27. The second-order valence-corrected chi connectivity index (χ2v) is 5.33. The molecule has 1 aromatic rings. The minimum atomic E-state index is -0.552. The molecule has 0 unspecified atom stereocenters. The number of hydrogen-bond donors (Lipinski definition) is 2. The minimum Gasteiger partial charge on any atom is -0.465 e. The number of nitrogens with zero attached hydrogens (tertiary/aromatic N) is 2. The van der Waals surface area contributed by atoms with Gasteiger partial charge in [0.15, 0.2) is 5.82 Å². The van der Waals surface area contributed by atoms with Crippen LogP contribution in [0.1, 0.15) is 29.6 Å². The van der Waals surface area contributed by atoms with Crippen LogP contribution in [0.2, 0.25) is 0 Å². The van der Waals surface area contributed by atoms with Crippen LogP contribution in [-0.4, -0.2) is 47.9 Å². The van der Waals surface area contributed by atoms with Crippen molar-refractivity contribution in [3.8, 4) is 0 Å². The summed E-state index contributed by atoms with van der Waals surface area (Å²) in [4.78, 5) is 25.5. The van der Waals surface area contributed by atoms with Gasteiger partial charge in [0.25, 0.3) is 0 Å². The molecule has 0 aromatic carbocycles. The number of carbonyl (C=O) groups is 2. The third-order valence-electron chi connectivity index (χ3n) is 3.22. The van der Waals surface area contributed by atoms with Gasteiger partial charge in [0.1, 0.15) is 10.6 Å². The summed E-state index contributed by atoms with van der Waals surface area (Å²) < 4.78 is 8.56. The normalized spacial score (nSPS) is 14.9. The standard InChI is InChI=1S/C12H18N4O3S/c1-19-12(18)9-10(13)15-20-11(9)14-7-8(17)16-5-3-2-4-6-16/h14H,2-7H2,1H3,(H2,13,15). The van der Waals surface area contributed by atoms with Crippen molar-refractivity contribution in [3.05, 3.63) is 5.56 Å². The van der Waals surface area contributed by atoms with Crippen molar-refractivity contribution in [1.29, 1.82) is 0 Å². The predicted molar refractivity (Wildman–Crippen MR) is 76.8 cm³/mol. The topological polar surface area (TPSA) is 97.5 Å². The number of amides is 1. The molecule has 8 heteroatoms. The molecule has 7 nitrogen and oxygen atoms in total. The molecular weight excluding hydrogens is 280 g/mol. The van der Waals surface area contributed by atoms with Crippen molar-refractivity contribution < 1.29 is 14.3 Å². The molecule has 1 aromatic heterocycles. The van der Waals surface area contributed by atoms with Crippen molar-refractivity contribution in [2.24, 2.45) is 0 Å². The zero-order valence-corrected chi connectivity index (χ0v) is 12.2. The lowest BCUT2D eigenvalue weighted by Gasteiger charge is -2.26. The number of carbonyl (C=O) groups excluding carboxylic acids is 2. The molecule has 1 saturated heterocycles. The van der Waals surface area contributed by atoms with Crippen LogP contribution in [0.3, 0.4) is 0 Å². The van der Waals surface area contributed by atoms with Gasteiger partial charge in [-0.25, -0.2) is 4.79 Å². The fourth-order valence-electron chi connectivity index (χ4n) is 2.13. The maximum atomic E-state index is 12.0. The fourth-order valence-corrected chi connectivity index (χ4v) is 2.83. The van der Waals surface area contributed by atoms with Gasteiger partial charge in [0.2, 0.25) is 5.91 Å². The molecule has 1 aliphatic heterocycles. The number of nitrogens with two attached hydrogens (primary N) is 1. The summed E-state index contributed by atoms with van der Waals surface area (Å²) in [6, 6.07) is 0. The average Bonchev–Trinajstić information content (AvgIpc) is 2.86. The van der Waals surface area contributed by atoms with E-state index >= 15 is 0 Å². The van der Waals surface area contributed by atoms with Gasteiger partial charge in [0.05, 0.1) is 13.7 Å². The van der Waals surface area contributed by atoms with Crippen molar-refractivity contribution in [3.63, 3.8) is 0 Å². The smallest absolute Gasteiger partial charge is 0.344 e. The molecule has 0 radical (unpaired) electrons. The summed E-state index contributed by atoms with van der Waals surface area (Å²) in [5.41, 5.74) is 5.83. The van der Waals surface area contributed by atoms with E-state index in [2.05, 4.69) is 14.4 Å². The maximum Gasteiger partial charge on any atom is 0.344 e. The first kappa shape index (κ1) is 14.6. The Labute approximate surface area is 121 Å². The molecule has 0 atom stereocenters. The Kier molecular flexibility index (Phi) is 4.78. The van der Waals surface area contributed by atoms with Crippen LogP contribution in [0.25, 0.3) is 0 Å². The molecule has 0 spiro atoms. The molecule has 1 fully saturated rings. The van der Waals surface area contributed by atoms with Gasteiger partial charge < -0.3 is 20.7 Å². The Hall–Kier alpha value is -1.83. The number of nitrogen functional groups attached to an aromatic ring is 1. The van der Waals surface area contributed by atoms with Crippen molar-refractivity contribution >= 4 is 34.2 Å². The zero-order valence-electron chi connectivity index (χ0n) is 11.3. The quantitative estimate of drug-likeness (QED) is 0.803. The monoisotopic (exact) mass is 298 g/mol. The van der Waals surface area contributed by atoms with Gasteiger partial charge in [-0.2, -0.15) is 4.37 Å². The molecule has 0 saturated carbocycles. The van der Waals surface area contributed by atoms with Gasteiger partial charge in [-0.15, -0.1) is 0 Å². The Balaban J connectivity index is 1.97. The lowest BCUT2D eigenvalue weighted by molar-refractivity contribution is -0.130. The Morgan fingerprint density at radius 3 is 2.75 bits per heavy atom. The van der Waals surface area contributed by atoms with Crippen molar-refractivity contribution in [2.45, 2.75) is 19.3 Å². The van der Waals surface area contributed by atoms with E-state index in [0.29, 0.717) is 5.00 Å². The number of esters is 1. The zero-order chi connectivity index (χ0) is 14.5. The molecule has 3 N–H and O–H groups in total. The molecular formula is C12H18N4O3S. The lowest BCUT2D eigenvalue weighted by atomic mass is 10.1. The van der Waals surface area contributed by atoms with Crippen LogP contribution in [0.15, 0.2) is 0 Å². The Morgan fingerprint density at radius 1 is 1.40 bits per heavy atom. The van der Waals surface area contributed by atoms with Crippen LogP contribution in [0.4, 0.5) is 10.8 Å². The second kappa shape index (κ2) is 6.56. The van der Waals surface area contributed by atoms with Crippen LogP contribution in [0, 0.1) is 0 Å². The van der Waals surface area contributed by atoms with E-state index in [4.69, 9.17) is 5.73 Å². The SMILES string of the molecule is COC(=O)c1c(N)nsc1NCC(=O)N1CCCCC1. The molecule has 20 heavy (non-hydrogen) atoms. The van der Waals surface area contributed by atoms with Gasteiger partial charge in [0, 0.05) is 13.1 Å². The number of nitrogens with one attached hydrogen (secondary N) is 1. The summed E-state index contributed by atoms with van der Waals surface area (Å²) >= 11 is 1.05. The maximum absolute atomic E-state index is 12.0. The van der Waals surface area contributed by atoms with Crippen LogP contribution >= 0.6 is 11.5 Å². The number of piperidine rings is 1. The van der Waals surface area contributed by atoms with E-state index in [0.717, 1.165) is 37.5 Å². The van der Waals surface area contributed by atoms with E-state index in [1.165, 1.54) is 13.5 Å². The molecule has 2 rings (SSSR count). The first-order valence-electron chi connectivity index (χ1n) is 6.48. The van der Waals surface area contributed by atoms with Crippen molar-refractivity contribution in [1.82, 2.24) is 9.27 Å². The van der Waals surface area contributed by atoms with Gasteiger partial charge in [-0.05, 0) is 30.8 Å². The molecule has 1 amide bonds. The number of anilines is 2. The number of methoxy groups -OCH3 is 1. The minimum absolute atomic E-state index is 0.0208. The Bertz CT molecular complexity index is 497. The highest BCUT2D eigenvalue weighted by Gasteiger charge is 2.21. The number of hydrogen-bond acceptors (Lipinski definition) is 7. The summed E-state index contributed by atoms with van der Waals surface area (Å²) in [5.74, 6) is -0.411. The van der Waals surface area contributed by atoms with Crippen LogP contribution in [0.5, 0.6) is 0 Å². The summed E-state index contributed by atoms with van der Waals surface area (Å²) in [6.07, 6.45) is 3.27. The van der Waals surface area contributed by atoms with E-state index < -0.39 is 5.97 Å². The first-order chi connectivity index (χ1) is 9.63. The highest BCUT2D eigenvalue weighted by molar-refractivity contribution is 7.11. The van der Waals surface area contributed by atoms with Crippen LogP contribution < -0.4 is 11.1 Å². The van der Waals surface area contributed by atoms with E-state index in [1.54, 1.807) is 0 Å². The molecule has 0 aliphatic carbocycles. The summed E-state index contributed by atoms with van der Waals surface area (Å²) in [7, 11) is 1.28. The lowest BCUT2D eigenvalue weighted by Crippen LogP contribution is -2.39. The van der Waals surface area contributed by atoms with Crippen LogP contribution in [-0.2, 0) is 9.53 Å². The highest BCUT2D eigenvalue weighted by atomic mass is 32.1. The fraction of sp³-hybridized carbons (Fsp3) is 0.583. The summed E-state index contributed by atoms with van der Waals surface area (Å²) in [6.45, 7) is 1.73. The third kappa shape index (κ3) is 3.19. The summed E-state index contributed by atoms with van der Waals surface area (Å²) in [5, 5.41) is 3.40. The predicted octanol–water partition coefficient (Wildman–Crippen LogP) is 0.936. The number of likely N-dealkylation sites (tertiary alicyclic amines) is 1. The number of ether oxygens (including phenoxy) is 1. The van der Waals surface area contributed by atoms with E-state index in [9.17, 15) is 9.59 Å². The molecule has 2 heterocycles. The second-order valence-electron chi connectivity index (χ2n) is 4.56. The average molecular weight is 298 g/mol. The molecule has 0 bridgehead atoms.